The fourth-order valence-corrected chi connectivity index (χ4v) is 5.37. The lowest BCUT2D eigenvalue weighted by Gasteiger charge is -2.33. The first-order valence-electron chi connectivity index (χ1n) is 9.68. The number of carbonyl (C=O) groups is 1. The molecule has 1 unspecified atom stereocenters. The van der Waals surface area contributed by atoms with Crippen molar-refractivity contribution in [3.8, 4) is 0 Å². The maximum absolute atomic E-state index is 14.5. The first-order chi connectivity index (χ1) is 13.9. The maximum atomic E-state index is 14.5. The number of fused-ring (bicyclic) bond motifs is 1. The van der Waals surface area contributed by atoms with Crippen LogP contribution in [0.3, 0.4) is 0 Å². The number of anilines is 1. The summed E-state index contributed by atoms with van der Waals surface area (Å²) in [7, 11) is -4.04. The van der Waals surface area contributed by atoms with Crippen molar-refractivity contribution in [3.05, 3.63) is 59.4 Å². The summed E-state index contributed by atoms with van der Waals surface area (Å²) in [4.78, 5) is 14.4. The lowest BCUT2D eigenvalue weighted by molar-refractivity contribution is 0.0729. The summed E-state index contributed by atoms with van der Waals surface area (Å²) < 4.78 is 46.6. The molecule has 29 heavy (non-hydrogen) atoms. The monoisotopic (exact) mass is 418 g/mol. The third-order valence-electron chi connectivity index (χ3n) is 5.56. The Hall–Kier alpha value is -2.29. The largest absolute Gasteiger partial charge is 0.379 e. The Morgan fingerprint density at radius 1 is 1.10 bits per heavy atom. The number of nitrogens with zero attached hydrogens (tertiary/aromatic N) is 2. The first kappa shape index (κ1) is 20.0. The van der Waals surface area contributed by atoms with Crippen molar-refractivity contribution in [2.75, 3.05) is 37.7 Å². The van der Waals surface area contributed by atoms with Gasteiger partial charge in [0.15, 0.2) is 0 Å². The molecule has 1 fully saturated rings. The van der Waals surface area contributed by atoms with E-state index in [1.807, 2.05) is 24.3 Å². The summed E-state index contributed by atoms with van der Waals surface area (Å²) >= 11 is 0. The van der Waals surface area contributed by atoms with Gasteiger partial charge in [-0.2, -0.15) is 4.31 Å². The van der Waals surface area contributed by atoms with Gasteiger partial charge in [-0.3, -0.25) is 4.79 Å². The van der Waals surface area contributed by atoms with E-state index < -0.39 is 20.7 Å². The van der Waals surface area contributed by atoms with Crippen molar-refractivity contribution in [2.45, 2.75) is 24.2 Å². The molecule has 2 aliphatic heterocycles. The highest BCUT2D eigenvalue weighted by Crippen LogP contribution is 2.35. The van der Waals surface area contributed by atoms with E-state index in [1.54, 1.807) is 4.90 Å². The molecular formula is C21H23FN2O4S. The Kier molecular flexibility index (Phi) is 5.42. The number of hydrogen-bond acceptors (Lipinski definition) is 4. The molecule has 0 radical (unpaired) electrons. The second-order valence-electron chi connectivity index (χ2n) is 7.37. The molecule has 2 heterocycles. The summed E-state index contributed by atoms with van der Waals surface area (Å²) in [6, 6.07) is 11.2. The molecule has 0 saturated carbocycles. The van der Waals surface area contributed by atoms with E-state index in [1.165, 1.54) is 10.4 Å². The van der Waals surface area contributed by atoms with Crippen LogP contribution in [0.5, 0.6) is 0 Å². The summed E-state index contributed by atoms with van der Waals surface area (Å²) in [6.45, 7) is 3.50. The molecule has 1 atom stereocenters. The molecule has 2 aromatic rings. The number of rotatable bonds is 3. The van der Waals surface area contributed by atoms with Gasteiger partial charge in [0, 0.05) is 30.9 Å². The average Bonchev–Trinajstić information content (AvgIpc) is 2.74. The molecule has 0 aliphatic carbocycles. The number of morpholine rings is 1. The average molecular weight is 418 g/mol. The van der Waals surface area contributed by atoms with E-state index in [4.69, 9.17) is 4.74 Å². The van der Waals surface area contributed by atoms with Gasteiger partial charge in [-0.05, 0) is 42.2 Å². The molecule has 0 spiro atoms. The zero-order chi connectivity index (χ0) is 20.6. The van der Waals surface area contributed by atoms with Crippen LogP contribution < -0.4 is 4.90 Å². The van der Waals surface area contributed by atoms with Crippen LogP contribution in [0, 0.1) is 5.82 Å². The summed E-state index contributed by atoms with van der Waals surface area (Å²) in [5.74, 6) is -0.857. The van der Waals surface area contributed by atoms with Crippen molar-refractivity contribution in [3.63, 3.8) is 0 Å². The normalized spacial score (nSPS) is 20.3. The smallest absolute Gasteiger partial charge is 0.258 e. The van der Waals surface area contributed by atoms with Gasteiger partial charge in [0.05, 0.1) is 13.2 Å². The van der Waals surface area contributed by atoms with E-state index in [0.29, 0.717) is 12.5 Å². The van der Waals surface area contributed by atoms with Crippen molar-refractivity contribution in [1.82, 2.24) is 4.31 Å². The zero-order valence-electron chi connectivity index (χ0n) is 16.2. The van der Waals surface area contributed by atoms with Gasteiger partial charge in [-0.1, -0.05) is 25.1 Å². The second-order valence-corrected chi connectivity index (χ2v) is 9.27. The third kappa shape index (κ3) is 3.68. The number of amides is 1. The highest BCUT2D eigenvalue weighted by atomic mass is 32.2. The Morgan fingerprint density at radius 2 is 1.83 bits per heavy atom. The highest BCUT2D eigenvalue weighted by Gasteiger charge is 2.32. The fraction of sp³-hybridized carbons (Fsp3) is 0.381. The molecule has 0 N–H and O–H groups in total. The predicted octanol–water partition coefficient (Wildman–Crippen LogP) is 3.00. The summed E-state index contributed by atoms with van der Waals surface area (Å²) in [5, 5.41) is 0. The van der Waals surface area contributed by atoms with Crippen molar-refractivity contribution < 1.29 is 22.3 Å². The number of para-hydroxylation sites is 1. The van der Waals surface area contributed by atoms with Crippen LogP contribution >= 0.6 is 0 Å². The Bertz CT molecular complexity index is 1030. The van der Waals surface area contributed by atoms with Gasteiger partial charge in [0.1, 0.15) is 10.7 Å². The minimum Gasteiger partial charge on any atom is -0.379 e. The summed E-state index contributed by atoms with van der Waals surface area (Å²) in [6.07, 6.45) is 0.808. The zero-order valence-corrected chi connectivity index (χ0v) is 17.0. The van der Waals surface area contributed by atoms with Gasteiger partial charge >= 0.3 is 0 Å². The van der Waals surface area contributed by atoms with Gasteiger partial charge in [0.2, 0.25) is 10.0 Å². The number of hydrogen-bond donors (Lipinski definition) is 0. The topological polar surface area (TPSA) is 66.9 Å². The second kappa shape index (κ2) is 7.85. The Morgan fingerprint density at radius 3 is 2.59 bits per heavy atom. The van der Waals surface area contributed by atoms with Crippen LogP contribution in [0.2, 0.25) is 0 Å². The van der Waals surface area contributed by atoms with Gasteiger partial charge < -0.3 is 9.64 Å². The number of carbonyl (C=O) groups excluding carboxylic acids is 1. The van der Waals surface area contributed by atoms with Crippen molar-refractivity contribution in [2.24, 2.45) is 0 Å². The molecule has 1 amide bonds. The standard InChI is InChI=1S/C21H23FN2O4S/c1-15-8-9-24(19-5-3-2-4-17(15)19)21(25)16-6-7-18(22)20(14-16)29(26,27)23-10-12-28-13-11-23/h2-7,14-15H,8-13H2,1H3. The van der Waals surface area contributed by atoms with Crippen LogP contribution in [-0.2, 0) is 14.8 Å². The highest BCUT2D eigenvalue weighted by molar-refractivity contribution is 7.89. The van der Waals surface area contributed by atoms with Crippen LogP contribution in [0.15, 0.2) is 47.4 Å². The number of benzene rings is 2. The molecule has 4 rings (SSSR count). The maximum Gasteiger partial charge on any atom is 0.258 e. The van der Waals surface area contributed by atoms with Gasteiger partial charge in [-0.15, -0.1) is 0 Å². The number of halogens is 1. The number of sulfonamides is 1. The molecule has 2 aromatic carbocycles. The summed E-state index contributed by atoms with van der Waals surface area (Å²) in [5.41, 5.74) is 2.05. The molecule has 6 nitrogen and oxygen atoms in total. The van der Waals surface area contributed by atoms with Crippen molar-refractivity contribution >= 4 is 21.6 Å². The van der Waals surface area contributed by atoms with Crippen molar-refractivity contribution in [1.29, 1.82) is 0 Å². The molecule has 0 aromatic heterocycles. The Balaban J connectivity index is 1.69. The van der Waals surface area contributed by atoms with E-state index in [0.717, 1.165) is 29.8 Å². The van der Waals surface area contributed by atoms with Gasteiger partial charge in [0.25, 0.3) is 5.91 Å². The van der Waals surface area contributed by atoms with Crippen LogP contribution in [-0.4, -0.2) is 51.5 Å². The van der Waals surface area contributed by atoms with Crippen LogP contribution in [0.4, 0.5) is 10.1 Å². The van der Waals surface area contributed by atoms with E-state index in [-0.39, 0.29) is 37.8 Å². The lowest BCUT2D eigenvalue weighted by atomic mass is 9.91. The quantitative estimate of drug-likeness (QED) is 0.769. The molecule has 8 heteroatoms. The SMILES string of the molecule is CC1CCN(C(=O)c2ccc(F)c(S(=O)(=O)N3CCOCC3)c2)c2ccccc21. The number of ether oxygens (including phenoxy) is 1. The molecule has 1 saturated heterocycles. The molecular weight excluding hydrogens is 395 g/mol. The minimum atomic E-state index is -4.04. The van der Waals surface area contributed by atoms with E-state index >= 15 is 0 Å². The van der Waals surface area contributed by atoms with Gasteiger partial charge in [-0.25, -0.2) is 12.8 Å². The van der Waals surface area contributed by atoms with E-state index in [2.05, 4.69) is 6.92 Å². The van der Waals surface area contributed by atoms with Crippen LogP contribution in [0.25, 0.3) is 0 Å². The first-order valence-corrected chi connectivity index (χ1v) is 11.1. The lowest BCUT2D eigenvalue weighted by Crippen LogP contribution is -2.41. The van der Waals surface area contributed by atoms with E-state index in [9.17, 15) is 17.6 Å². The molecule has 154 valence electrons. The Labute approximate surface area is 169 Å². The predicted molar refractivity (Wildman–Crippen MR) is 107 cm³/mol. The fourth-order valence-electron chi connectivity index (χ4n) is 3.88. The minimum absolute atomic E-state index is 0.155. The molecule has 2 aliphatic rings. The van der Waals surface area contributed by atoms with Crippen LogP contribution in [0.1, 0.15) is 35.2 Å². The third-order valence-corrected chi connectivity index (χ3v) is 7.47. The molecule has 0 bridgehead atoms.